The Hall–Kier alpha value is -0.710. The van der Waals surface area contributed by atoms with E-state index >= 15 is 0 Å². The van der Waals surface area contributed by atoms with Crippen molar-refractivity contribution in [2.75, 3.05) is 17.6 Å². The number of halogens is 1. The molecule has 1 aliphatic rings. The first-order valence-electron chi connectivity index (χ1n) is 7.10. The van der Waals surface area contributed by atoms with E-state index in [0.29, 0.717) is 28.5 Å². The van der Waals surface area contributed by atoms with Gasteiger partial charge in [0.1, 0.15) is 0 Å². The number of carbonyl (C=O) groups is 1. The third-order valence-electron chi connectivity index (χ3n) is 3.51. The highest BCUT2D eigenvalue weighted by molar-refractivity contribution is 7.99. The average molecular weight is 313 g/mol. The number of benzene rings is 1. The van der Waals surface area contributed by atoms with Crippen molar-refractivity contribution in [3.63, 3.8) is 0 Å². The fraction of sp³-hybridized carbons (Fsp3) is 0.533. The Bertz CT molecular complexity index is 455. The Kier molecular flexibility index (Phi) is 6.20. The zero-order valence-corrected chi connectivity index (χ0v) is 13.3. The van der Waals surface area contributed by atoms with Crippen LogP contribution in [0.3, 0.4) is 0 Å². The third-order valence-corrected chi connectivity index (χ3v) is 5.16. The number of para-hydroxylation sites is 1. The minimum Gasteiger partial charge on any atom is -0.324 e. The predicted molar refractivity (Wildman–Crippen MR) is 87.6 cm³/mol. The molecule has 0 spiro atoms. The molecular weight excluding hydrogens is 292 g/mol. The van der Waals surface area contributed by atoms with Gasteiger partial charge in [0, 0.05) is 11.3 Å². The first kappa shape index (κ1) is 15.7. The number of nitrogens with one attached hydrogen (secondary N) is 2. The van der Waals surface area contributed by atoms with Crippen molar-refractivity contribution in [1.29, 1.82) is 0 Å². The average Bonchev–Trinajstić information content (AvgIpc) is 2.87. The van der Waals surface area contributed by atoms with Gasteiger partial charge in [-0.15, -0.1) is 0 Å². The van der Waals surface area contributed by atoms with E-state index in [1.807, 2.05) is 30.0 Å². The lowest BCUT2D eigenvalue weighted by Crippen LogP contribution is -2.39. The van der Waals surface area contributed by atoms with Crippen LogP contribution in [-0.4, -0.2) is 29.5 Å². The summed E-state index contributed by atoms with van der Waals surface area (Å²) in [4.78, 5) is 11.9. The molecule has 0 heterocycles. The summed E-state index contributed by atoms with van der Waals surface area (Å²) in [6.07, 6.45) is 3.67. The number of amides is 1. The zero-order chi connectivity index (χ0) is 14.4. The molecule has 1 aromatic rings. The molecule has 2 unspecified atom stereocenters. The lowest BCUT2D eigenvalue weighted by molar-refractivity contribution is -0.115. The molecule has 0 radical (unpaired) electrons. The van der Waals surface area contributed by atoms with Crippen LogP contribution in [0.4, 0.5) is 5.69 Å². The molecule has 5 heteroatoms. The molecule has 0 saturated heterocycles. The first-order chi connectivity index (χ1) is 9.70. The van der Waals surface area contributed by atoms with E-state index < -0.39 is 0 Å². The van der Waals surface area contributed by atoms with E-state index in [4.69, 9.17) is 11.6 Å². The maximum Gasteiger partial charge on any atom is 0.238 e. The standard InChI is InChI=1S/C15H21ClN2OS/c1-2-20-14-9-5-8-13(14)17-10-15(19)18-12-7-4-3-6-11(12)16/h3-4,6-7,13-14,17H,2,5,8-10H2,1H3,(H,18,19). The number of carbonyl (C=O) groups excluding carboxylic acids is 1. The van der Waals surface area contributed by atoms with Gasteiger partial charge in [0.25, 0.3) is 0 Å². The van der Waals surface area contributed by atoms with Crippen molar-refractivity contribution in [2.45, 2.75) is 37.5 Å². The maximum absolute atomic E-state index is 11.9. The largest absolute Gasteiger partial charge is 0.324 e. The van der Waals surface area contributed by atoms with Gasteiger partial charge in [-0.3, -0.25) is 4.79 Å². The molecule has 1 amide bonds. The monoisotopic (exact) mass is 312 g/mol. The van der Waals surface area contributed by atoms with Crippen LogP contribution in [0.5, 0.6) is 0 Å². The topological polar surface area (TPSA) is 41.1 Å². The van der Waals surface area contributed by atoms with Crippen molar-refractivity contribution in [2.24, 2.45) is 0 Å². The maximum atomic E-state index is 11.9. The smallest absolute Gasteiger partial charge is 0.238 e. The number of hydrogen-bond acceptors (Lipinski definition) is 3. The van der Waals surface area contributed by atoms with Gasteiger partial charge >= 0.3 is 0 Å². The van der Waals surface area contributed by atoms with Crippen LogP contribution in [0.1, 0.15) is 26.2 Å². The van der Waals surface area contributed by atoms with Gasteiger partial charge < -0.3 is 10.6 Å². The first-order valence-corrected chi connectivity index (χ1v) is 8.52. The highest BCUT2D eigenvalue weighted by atomic mass is 35.5. The van der Waals surface area contributed by atoms with E-state index in [2.05, 4.69) is 17.6 Å². The van der Waals surface area contributed by atoms with E-state index in [1.165, 1.54) is 12.8 Å². The zero-order valence-electron chi connectivity index (χ0n) is 11.7. The SMILES string of the molecule is CCSC1CCCC1NCC(=O)Nc1ccccc1Cl. The number of hydrogen-bond donors (Lipinski definition) is 2. The lowest BCUT2D eigenvalue weighted by atomic mass is 10.2. The van der Waals surface area contributed by atoms with Gasteiger partial charge in [0.2, 0.25) is 5.91 Å². The third kappa shape index (κ3) is 4.40. The molecule has 110 valence electrons. The summed E-state index contributed by atoms with van der Waals surface area (Å²) in [6, 6.07) is 7.75. The molecule has 2 N–H and O–H groups in total. The molecule has 20 heavy (non-hydrogen) atoms. The van der Waals surface area contributed by atoms with Crippen molar-refractivity contribution < 1.29 is 4.79 Å². The minimum atomic E-state index is -0.0368. The molecule has 1 aromatic carbocycles. The molecule has 0 bridgehead atoms. The molecule has 1 fully saturated rings. The summed E-state index contributed by atoms with van der Waals surface area (Å²) in [5, 5.41) is 7.44. The molecule has 1 aliphatic carbocycles. The summed E-state index contributed by atoms with van der Waals surface area (Å²) in [6.45, 7) is 2.53. The predicted octanol–water partition coefficient (Wildman–Crippen LogP) is 3.54. The van der Waals surface area contributed by atoms with Crippen LogP contribution in [0.25, 0.3) is 0 Å². The Balaban J connectivity index is 1.79. The second kappa shape index (κ2) is 7.91. The van der Waals surface area contributed by atoms with Crippen LogP contribution >= 0.6 is 23.4 Å². The van der Waals surface area contributed by atoms with Crippen molar-refractivity contribution in [3.05, 3.63) is 29.3 Å². The highest BCUT2D eigenvalue weighted by Crippen LogP contribution is 2.29. The van der Waals surface area contributed by atoms with Crippen molar-refractivity contribution in [3.8, 4) is 0 Å². The highest BCUT2D eigenvalue weighted by Gasteiger charge is 2.26. The van der Waals surface area contributed by atoms with Crippen LogP contribution in [-0.2, 0) is 4.79 Å². The molecule has 3 nitrogen and oxygen atoms in total. The normalized spacial score (nSPS) is 21.9. The van der Waals surface area contributed by atoms with Gasteiger partial charge in [0.05, 0.1) is 17.3 Å². The minimum absolute atomic E-state index is 0.0368. The second-order valence-corrected chi connectivity index (χ2v) is 6.86. The summed E-state index contributed by atoms with van der Waals surface area (Å²) in [5.41, 5.74) is 0.673. The van der Waals surface area contributed by atoms with Gasteiger partial charge in [0.15, 0.2) is 0 Å². The number of anilines is 1. The fourth-order valence-corrected chi connectivity index (χ4v) is 3.96. The van der Waals surface area contributed by atoms with Crippen LogP contribution in [0.15, 0.2) is 24.3 Å². The summed E-state index contributed by atoms with van der Waals surface area (Å²) in [7, 11) is 0. The Morgan fingerprint density at radius 2 is 2.20 bits per heavy atom. The summed E-state index contributed by atoms with van der Waals surface area (Å²) >= 11 is 8.01. The number of thioether (sulfide) groups is 1. The Labute approximate surface area is 129 Å². The lowest BCUT2D eigenvalue weighted by Gasteiger charge is -2.20. The fourth-order valence-electron chi connectivity index (χ4n) is 2.55. The Morgan fingerprint density at radius 1 is 1.40 bits per heavy atom. The Morgan fingerprint density at radius 3 is 2.95 bits per heavy atom. The number of rotatable bonds is 6. The molecule has 1 saturated carbocycles. The molecule has 0 aromatic heterocycles. The van der Waals surface area contributed by atoms with Crippen molar-refractivity contribution in [1.82, 2.24) is 5.32 Å². The second-order valence-electron chi connectivity index (χ2n) is 4.94. The quantitative estimate of drug-likeness (QED) is 0.844. The molecule has 2 atom stereocenters. The van der Waals surface area contributed by atoms with Gasteiger partial charge in [-0.25, -0.2) is 0 Å². The van der Waals surface area contributed by atoms with E-state index in [9.17, 15) is 4.79 Å². The molecule has 0 aliphatic heterocycles. The van der Waals surface area contributed by atoms with Crippen molar-refractivity contribution >= 4 is 35.0 Å². The van der Waals surface area contributed by atoms with Gasteiger partial charge in [-0.05, 0) is 30.7 Å². The van der Waals surface area contributed by atoms with Crippen LogP contribution in [0.2, 0.25) is 5.02 Å². The van der Waals surface area contributed by atoms with Gasteiger partial charge in [-0.1, -0.05) is 37.1 Å². The summed E-state index contributed by atoms with van der Waals surface area (Å²) in [5.74, 6) is 1.10. The van der Waals surface area contributed by atoms with E-state index in [-0.39, 0.29) is 5.91 Å². The van der Waals surface area contributed by atoms with Crippen LogP contribution in [0, 0.1) is 0 Å². The van der Waals surface area contributed by atoms with Gasteiger partial charge in [-0.2, -0.15) is 11.8 Å². The molecule has 2 rings (SSSR count). The summed E-state index contributed by atoms with van der Waals surface area (Å²) < 4.78 is 0. The molecular formula is C15H21ClN2OS. The van der Waals surface area contributed by atoms with Crippen LogP contribution < -0.4 is 10.6 Å². The van der Waals surface area contributed by atoms with E-state index in [1.54, 1.807) is 6.07 Å². The van der Waals surface area contributed by atoms with E-state index in [0.717, 1.165) is 12.2 Å².